The van der Waals surface area contributed by atoms with Gasteiger partial charge < -0.3 is 14.2 Å². The molecule has 0 heterocycles. The molecule has 0 aliphatic carbocycles. The lowest BCUT2D eigenvalue weighted by Gasteiger charge is -2.29. The highest BCUT2D eigenvalue weighted by Gasteiger charge is 2.29. The van der Waals surface area contributed by atoms with E-state index < -0.39 is 5.79 Å². The molecule has 0 N–H and O–H groups in total. The van der Waals surface area contributed by atoms with E-state index >= 15 is 0 Å². The fourth-order valence-electron chi connectivity index (χ4n) is 1.85. The third kappa shape index (κ3) is 2.20. The number of hydrogen-bond donors (Lipinski definition) is 0. The average molecular weight is 224 g/mol. The lowest BCUT2D eigenvalue weighted by atomic mass is 9.97. The van der Waals surface area contributed by atoms with Crippen LogP contribution < -0.4 is 4.74 Å². The Morgan fingerprint density at radius 3 is 2.19 bits per heavy atom. The monoisotopic (exact) mass is 224 g/mol. The summed E-state index contributed by atoms with van der Waals surface area (Å²) in [5, 5.41) is 0. The highest BCUT2D eigenvalue weighted by molar-refractivity contribution is 5.42. The molecule has 0 bridgehead atoms. The minimum absolute atomic E-state index is 0.722. The standard InChI is InChI=1S/C13H20O3/c1-6-10-11(13(2,15-4)16-5)8-7-9-12(10)14-3/h7-9H,6H2,1-5H3. The summed E-state index contributed by atoms with van der Waals surface area (Å²) in [6.45, 7) is 3.99. The lowest BCUT2D eigenvalue weighted by Crippen LogP contribution is -2.28. The van der Waals surface area contributed by atoms with Crippen LogP contribution in [0.4, 0.5) is 0 Å². The van der Waals surface area contributed by atoms with Crippen molar-refractivity contribution in [3.05, 3.63) is 29.3 Å². The Morgan fingerprint density at radius 1 is 1.12 bits per heavy atom. The third-order valence-electron chi connectivity index (χ3n) is 2.97. The van der Waals surface area contributed by atoms with Crippen molar-refractivity contribution in [1.82, 2.24) is 0 Å². The Kier molecular flexibility index (Phi) is 4.33. The quantitative estimate of drug-likeness (QED) is 0.720. The number of hydrogen-bond acceptors (Lipinski definition) is 3. The summed E-state index contributed by atoms with van der Waals surface area (Å²) in [7, 11) is 4.96. The number of methoxy groups -OCH3 is 3. The smallest absolute Gasteiger partial charge is 0.191 e. The molecular weight excluding hydrogens is 204 g/mol. The van der Waals surface area contributed by atoms with Crippen molar-refractivity contribution >= 4 is 0 Å². The van der Waals surface area contributed by atoms with Crippen molar-refractivity contribution in [2.45, 2.75) is 26.1 Å². The van der Waals surface area contributed by atoms with Crippen LogP contribution in [-0.2, 0) is 21.7 Å². The highest BCUT2D eigenvalue weighted by atomic mass is 16.7. The van der Waals surface area contributed by atoms with Crippen LogP contribution in [0.2, 0.25) is 0 Å². The minimum atomic E-state index is -0.722. The topological polar surface area (TPSA) is 27.7 Å². The third-order valence-corrected chi connectivity index (χ3v) is 2.97. The van der Waals surface area contributed by atoms with E-state index in [1.54, 1.807) is 21.3 Å². The van der Waals surface area contributed by atoms with Gasteiger partial charge in [0.2, 0.25) is 0 Å². The largest absolute Gasteiger partial charge is 0.496 e. The SMILES string of the molecule is CCc1c(OC)cccc1C(C)(OC)OC. The first-order valence-electron chi connectivity index (χ1n) is 5.39. The molecule has 0 fully saturated rings. The Balaban J connectivity index is 3.32. The summed E-state index contributed by atoms with van der Waals surface area (Å²) >= 11 is 0. The summed E-state index contributed by atoms with van der Waals surface area (Å²) in [6, 6.07) is 5.91. The maximum absolute atomic E-state index is 5.44. The van der Waals surface area contributed by atoms with Gasteiger partial charge >= 0.3 is 0 Å². The molecule has 1 rings (SSSR count). The van der Waals surface area contributed by atoms with E-state index in [9.17, 15) is 0 Å². The zero-order valence-electron chi connectivity index (χ0n) is 10.7. The molecule has 1 aromatic rings. The van der Waals surface area contributed by atoms with Crippen LogP contribution >= 0.6 is 0 Å². The Hall–Kier alpha value is -1.06. The van der Waals surface area contributed by atoms with Crippen molar-refractivity contribution in [2.75, 3.05) is 21.3 Å². The molecule has 0 saturated carbocycles. The first kappa shape index (κ1) is 13.0. The molecule has 16 heavy (non-hydrogen) atoms. The summed E-state index contributed by atoms with van der Waals surface area (Å²) in [4.78, 5) is 0. The van der Waals surface area contributed by atoms with Gasteiger partial charge in [-0.25, -0.2) is 0 Å². The van der Waals surface area contributed by atoms with Gasteiger partial charge in [-0.15, -0.1) is 0 Å². The lowest BCUT2D eigenvalue weighted by molar-refractivity contribution is -0.202. The van der Waals surface area contributed by atoms with Gasteiger partial charge in [0.1, 0.15) is 5.75 Å². The van der Waals surface area contributed by atoms with Crippen LogP contribution in [0.25, 0.3) is 0 Å². The normalized spacial score (nSPS) is 11.6. The van der Waals surface area contributed by atoms with Gasteiger partial charge in [-0.3, -0.25) is 0 Å². The first-order chi connectivity index (χ1) is 7.62. The molecule has 0 radical (unpaired) electrons. The molecule has 3 nitrogen and oxygen atoms in total. The van der Waals surface area contributed by atoms with Crippen molar-refractivity contribution in [3.63, 3.8) is 0 Å². The molecule has 3 heteroatoms. The van der Waals surface area contributed by atoms with Crippen molar-refractivity contribution in [1.29, 1.82) is 0 Å². The van der Waals surface area contributed by atoms with E-state index in [0.29, 0.717) is 0 Å². The maximum atomic E-state index is 5.44. The fourth-order valence-corrected chi connectivity index (χ4v) is 1.85. The van der Waals surface area contributed by atoms with Gasteiger partial charge in [0.15, 0.2) is 5.79 Å². The Labute approximate surface area is 97.3 Å². The summed E-state index contributed by atoms with van der Waals surface area (Å²) in [6.07, 6.45) is 0.877. The van der Waals surface area contributed by atoms with Crippen molar-refractivity contribution in [3.8, 4) is 5.75 Å². The molecule has 0 amide bonds. The van der Waals surface area contributed by atoms with E-state index in [2.05, 4.69) is 6.92 Å². The van der Waals surface area contributed by atoms with Crippen molar-refractivity contribution in [2.24, 2.45) is 0 Å². The summed E-state index contributed by atoms with van der Waals surface area (Å²) < 4.78 is 16.2. The second kappa shape index (κ2) is 5.32. The van der Waals surface area contributed by atoms with Gasteiger partial charge in [-0.05, 0) is 19.4 Å². The number of rotatable bonds is 5. The second-order valence-electron chi connectivity index (χ2n) is 3.69. The van der Waals surface area contributed by atoms with E-state index in [0.717, 1.165) is 23.3 Å². The van der Waals surface area contributed by atoms with E-state index in [1.165, 1.54) is 0 Å². The van der Waals surface area contributed by atoms with Gasteiger partial charge in [-0.1, -0.05) is 19.1 Å². The van der Waals surface area contributed by atoms with E-state index in [4.69, 9.17) is 14.2 Å². The fraction of sp³-hybridized carbons (Fsp3) is 0.538. The first-order valence-corrected chi connectivity index (χ1v) is 5.39. The van der Waals surface area contributed by atoms with E-state index in [1.807, 2.05) is 25.1 Å². The van der Waals surface area contributed by atoms with Gasteiger partial charge in [0.05, 0.1) is 7.11 Å². The van der Waals surface area contributed by atoms with Crippen LogP contribution in [0.15, 0.2) is 18.2 Å². The van der Waals surface area contributed by atoms with Gasteiger partial charge in [0.25, 0.3) is 0 Å². The molecule has 0 aliphatic heterocycles. The molecule has 0 atom stereocenters. The molecule has 1 aromatic carbocycles. The maximum Gasteiger partial charge on any atom is 0.191 e. The Bertz CT molecular complexity index is 343. The van der Waals surface area contributed by atoms with Crippen LogP contribution in [-0.4, -0.2) is 21.3 Å². The van der Waals surface area contributed by atoms with Crippen LogP contribution in [0.3, 0.4) is 0 Å². The number of ether oxygens (including phenoxy) is 3. The summed E-state index contributed by atoms with van der Waals surface area (Å²) in [5.74, 6) is 0.153. The average Bonchev–Trinajstić information content (AvgIpc) is 2.36. The zero-order valence-corrected chi connectivity index (χ0v) is 10.7. The molecular formula is C13H20O3. The predicted molar refractivity (Wildman–Crippen MR) is 63.7 cm³/mol. The molecule has 0 aliphatic rings. The second-order valence-corrected chi connectivity index (χ2v) is 3.69. The molecule has 0 unspecified atom stereocenters. The number of benzene rings is 1. The molecule has 90 valence electrons. The van der Waals surface area contributed by atoms with E-state index in [-0.39, 0.29) is 0 Å². The molecule has 0 saturated heterocycles. The minimum Gasteiger partial charge on any atom is -0.496 e. The van der Waals surface area contributed by atoms with Crippen LogP contribution in [0, 0.1) is 0 Å². The molecule has 0 spiro atoms. The summed E-state index contributed by atoms with van der Waals surface area (Å²) in [5.41, 5.74) is 2.13. The van der Waals surface area contributed by atoms with Crippen LogP contribution in [0.5, 0.6) is 5.75 Å². The van der Waals surface area contributed by atoms with Gasteiger partial charge in [-0.2, -0.15) is 0 Å². The van der Waals surface area contributed by atoms with Crippen LogP contribution in [0.1, 0.15) is 25.0 Å². The van der Waals surface area contributed by atoms with Crippen molar-refractivity contribution < 1.29 is 14.2 Å². The predicted octanol–water partition coefficient (Wildman–Crippen LogP) is 2.72. The van der Waals surface area contributed by atoms with Gasteiger partial charge in [0, 0.05) is 25.3 Å². The highest BCUT2D eigenvalue weighted by Crippen LogP contribution is 2.33. The zero-order chi connectivity index (χ0) is 12.2. The molecule has 0 aromatic heterocycles. The Morgan fingerprint density at radius 2 is 1.75 bits per heavy atom.